The number of ether oxygens (including phenoxy) is 1. The van der Waals surface area contributed by atoms with Gasteiger partial charge in [-0.3, -0.25) is 4.79 Å². The monoisotopic (exact) mass is 376 g/mol. The maximum Gasteiger partial charge on any atom is 0.417 e. The summed E-state index contributed by atoms with van der Waals surface area (Å²) in [4.78, 5) is 26.0. The Morgan fingerprint density at radius 3 is 2.79 bits per heavy atom. The third-order valence-corrected chi connectivity index (χ3v) is 4.98. The zero-order valence-corrected chi connectivity index (χ0v) is 15.7. The molecular formula is C21H20N4O3. The molecule has 1 aliphatic heterocycles. The van der Waals surface area contributed by atoms with Gasteiger partial charge in [0.1, 0.15) is 18.2 Å². The Labute approximate surface area is 162 Å². The lowest BCUT2D eigenvalue weighted by atomic mass is 10.1. The number of nitrogens with zero attached hydrogens (tertiary/aromatic N) is 4. The van der Waals surface area contributed by atoms with Crippen molar-refractivity contribution in [1.82, 2.24) is 19.9 Å². The number of hydrogen-bond acceptors (Lipinski definition) is 5. The van der Waals surface area contributed by atoms with Gasteiger partial charge in [0.15, 0.2) is 0 Å². The number of hydrogen-bond donors (Lipinski definition) is 0. The van der Waals surface area contributed by atoms with Crippen LogP contribution in [0.3, 0.4) is 0 Å². The fourth-order valence-electron chi connectivity index (χ4n) is 3.42. The molecule has 0 saturated carbocycles. The number of rotatable bonds is 4. The normalized spacial score (nSPS) is 16.9. The molecule has 1 atom stereocenters. The molecule has 0 radical (unpaired) electrons. The zero-order chi connectivity index (χ0) is 19.7. The van der Waals surface area contributed by atoms with Crippen LogP contribution in [0.5, 0.6) is 0 Å². The molecule has 1 saturated heterocycles. The van der Waals surface area contributed by atoms with E-state index in [4.69, 9.17) is 4.74 Å². The fraction of sp³-hybridized carbons (Fsp3) is 0.238. The molecule has 0 N–H and O–H groups in total. The number of aromatic nitrogens is 3. The van der Waals surface area contributed by atoms with Gasteiger partial charge in [0.05, 0.1) is 5.52 Å². The standard InChI is InChI=1S/C21H20N4O3/c1-3-24-17-11-9-15(14(2)20(17)22-23-24)10-12-19(26)25-18(13-28-21(25)27)16-7-5-4-6-8-16/h4-12,18H,3,13H2,1-2H3. The molecule has 3 aromatic rings. The molecule has 2 heterocycles. The van der Waals surface area contributed by atoms with Crippen molar-refractivity contribution in [3.8, 4) is 0 Å². The first-order valence-corrected chi connectivity index (χ1v) is 9.16. The van der Waals surface area contributed by atoms with Crippen molar-refractivity contribution in [2.45, 2.75) is 26.4 Å². The summed E-state index contributed by atoms with van der Waals surface area (Å²) in [5.74, 6) is -0.409. The third-order valence-electron chi connectivity index (χ3n) is 4.98. The van der Waals surface area contributed by atoms with E-state index in [2.05, 4.69) is 10.3 Å². The Hall–Kier alpha value is -3.48. The van der Waals surface area contributed by atoms with Crippen molar-refractivity contribution >= 4 is 29.1 Å². The molecule has 7 nitrogen and oxygen atoms in total. The molecule has 1 aliphatic rings. The number of carbonyl (C=O) groups excluding carboxylic acids is 2. The van der Waals surface area contributed by atoms with Crippen LogP contribution in [0.15, 0.2) is 48.5 Å². The van der Waals surface area contributed by atoms with Crippen LogP contribution in [-0.4, -0.2) is 38.5 Å². The van der Waals surface area contributed by atoms with E-state index in [1.807, 2.05) is 61.0 Å². The number of aryl methyl sites for hydroxylation is 2. The average Bonchev–Trinajstić information content (AvgIpc) is 3.31. The van der Waals surface area contributed by atoms with Gasteiger partial charge in [-0.1, -0.05) is 41.6 Å². The summed E-state index contributed by atoms with van der Waals surface area (Å²) in [6.07, 6.45) is 2.48. The zero-order valence-electron chi connectivity index (χ0n) is 15.7. The number of amides is 2. The van der Waals surface area contributed by atoms with Crippen LogP contribution in [0.2, 0.25) is 0 Å². The summed E-state index contributed by atoms with van der Waals surface area (Å²) in [6, 6.07) is 12.8. The van der Waals surface area contributed by atoms with Crippen LogP contribution in [0.1, 0.15) is 29.7 Å². The minimum Gasteiger partial charge on any atom is -0.446 e. The fourth-order valence-corrected chi connectivity index (χ4v) is 3.42. The lowest BCUT2D eigenvalue weighted by molar-refractivity contribution is -0.124. The second-order valence-corrected chi connectivity index (χ2v) is 6.60. The molecule has 2 amide bonds. The van der Waals surface area contributed by atoms with Gasteiger partial charge in [0.25, 0.3) is 5.91 Å². The molecule has 4 rings (SSSR count). The molecule has 28 heavy (non-hydrogen) atoms. The van der Waals surface area contributed by atoms with E-state index in [9.17, 15) is 9.59 Å². The Morgan fingerprint density at radius 2 is 2.04 bits per heavy atom. The van der Waals surface area contributed by atoms with E-state index >= 15 is 0 Å². The number of carbonyl (C=O) groups is 2. The molecule has 142 valence electrons. The van der Waals surface area contributed by atoms with Gasteiger partial charge in [-0.15, -0.1) is 5.10 Å². The summed E-state index contributed by atoms with van der Waals surface area (Å²) >= 11 is 0. The molecule has 7 heteroatoms. The third kappa shape index (κ3) is 3.05. The van der Waals surface area contributed by atoms with Gasteiger partial charge in [0.2, 0.25) is 0 Å². The van der Waals surface area contributed by atoms with Crippen molar-refractivity contribution in [3.05, 3.63) is 65.2 Å². The first-order valence-electron chi connectivity index (χ1n) is 9.16. The van der Waals surface area contributed by atoms with E-state index in [1.165, 1.54) is 6.08 Å². The van der Waals surface area contributed by atoms with Crippen molar-refractivity contribution in [3.63, 3.8) is 0 Å². The summed E-state index contributed by atoms with van der Waals surface area (Å²) in [7, 11) is 0. The van der Waals surface area contributed by atoms with Crippen LogP contribution < -0.4 is 0 Å². The second kappa shape index (κ2) is 7.26. The highest BCUT2D eigenvalue weighted by Crippen LogP contribution is 2.28. The topological polar surface area (TPSA) is 77.3 Å². The maximum absolute atomic E-state index is 12.7. The number of cyclic esters (lactones) is 1. The highest BCUT2D eigenvalue weighted by atomic mass is 16.6. The predicted octanol–water partition coefficient (Wildman–Crippen LogP) is 3.49. The summed E-state index contributed by atoms with van der Waals surface area (Å²) in [5.41, 5.74) is 4.41. The average molecular weight is 376 g/mol. The van der Waals surface area contributed by atoms with Gasteiger partial charge in [-0.05, 0) is 42.7 Å². The molecule has 0 spiro atoms. The van der Waals surface area contributed by atoms with Gasteiger partial charge in [0, 0.05) is 12.6 Å². The quantitative estimate of drug-likeness (QED) is 0.652. The SMILES string of the molecule is CCn1nnc2c(C)c(C=CC(=O)N3C(=O)OCC3c3ccccc3)ccc21. The van der Waals surface area contributed by atoms with Crippen LogP contribution >= 0.6 is 0 Å². The van der Waals surface area contributed by atoms with Crippen LogP contribution in [0.4, 0.5) is 4.79 Å². The smallest absolute Gasteiger partial charge is 0.417 e. The lowest BCUT2D eigenvalue weighted by Gasteiger charge is -2.18. The molecule has 0 bridgehead atoms. The molecule has 1 fully saturated rings. The van der Waals surface area contributed by atoms with E-state index in [-0.39, 0.29) is 6.61 Å². The van der Waals surface area contributed by atoms with Gasteiger partial charge in [-0.25, -0.2) is 14.4 Å². The van der Waals surface area contributed by atoms with Crippen LogP contribution in [-0.2, 0) is 16.1 Å². The van der Waals surface area contributed by atoms with Crippen LogP contribution in [0, 0.1) is 6.92 Å². The maximum atomic E-state index is 12.7. The van der Waals surface area contributed by atoms with E-state index < -0.39 is 18.0 Å². The predicted molar refractivity (Wildman–Crippen MR) is 104 cm³/mol. The Balaban J connectivity index is 1.60. The molecule has 0 aliphatic carbocycles. The van der Waals surface area contributed by atoms with Crippen molar-refractivity contribution in [2.24, 2.45) is 0 Å². The number of fused-ring (bicyclic) bond motifs is 1. The Morgan fingerprint density at radius 1 is 1.25 bits per heavy atom. The second-order valence-electron chi connectivity index (χ2n) is 6.60. The summed E-state index contributed by atoms with van der Waals surface area (Å²) in [6.45, 7) is 4.85. The number of imide groups is 1. The van der Waals surface area contributed by atoms with Gasteiger partial charge >= 0.3 is 6.09 Å². The Bertz CT molecular complexity index is 1070. The van der Waals surface area contributed by atoms with Gasteiger partial charge < -0.3 is 4.74 Å². The first-order chi connectivity index (χ1) is 13.6. The summed E-state index contributed by atoms with van der Waals surface area (Å²) < 4.78 is 6.94. The van der Waals surface area contributed by atoms with Crippen molar-refractivity contribution in [1.29, 1.82) is 0 Å². The number of benzene rings is 2. The Kier molecular flexibility index (Phi) is 4.65. The highest BCUT2D eigenvalue weighted by Gasteiger charge is 2.37. The van der Waals surface area contributed by atoms with Crippen molar-refractivity contribution in [2.75, 3.05) is 6.61 Å². The largest absolute Gasteiger partial charge is 0.446 e. The van der Waals surface area contributed by atoms with Crippen LogP contribution in [0.25, 0.3) is 17.1 Å². The highest BCUT2D eigenvalue weighted by molar-refractivity contribution is 6.02. The van der Waals surface area contributed by atoms with E-state index in [1.54, 1.807) is 6.08 Å². The molecule has 1 unspecified atom stereocenters. The summed E-state index contributed by atoms with van der Waals surface area (Å²) in [5, 5.41) is 8.36. The van der Waals surface area contributed by atoms with Gasteiger partial charge in [-0.2, -0.15) is 0 Å². The minimum absolute atomic E-state index is 0.160. The van der Waals surface area contributed by atoms with E-state index in [0.29, 0.717) is 0 Å². The first kappa shape index (κ1) is 17.9. The minimum atomic E-state index is -0.624. The van der Waals surface area contributed by atoms with E-state index in [0.717, 1.165) is 39.2 Å². The molecule has 2 aromatic carbocycles. The molecular weight excluding hydrogens is 356 g/mol. The molecule has 1 aromatic heterocycles. The van der Waals surface area contributed by atoms with Crippen molar-refractivity contribution < 1.29 is 14.3 Å². The lowest BCUT2D eigenvalue weighted by Crippen LogP contribution is -2.32.